The standard InChI is InChI=1S/C22H26Cl2N6O5/c1-4-35-22(32)19-15(10-34-11-16-27-29-30(28-16)9-8-25)26-12(2)17(21(31)33-3)18(19)13-6-5-7-14(23)20(13)24/h5-7,17-18H,4,8-11,25H2,1-3H3. The Morgan fingerprint density at radius 2 is 2.00 bits per heavy atom. The third-order valence-electron chi connectivity index (χ3n) is 5.28. The fourth-order valence-corrected chi connectivity index (χ4v) is 4.23. The topological polar surface area (TPSA) is 144 Å². The van der Waals surface area contributed by atoms with Crippen LogP contribution >= 0.6 is 23.2 Å². The molecular formula is C22H26Cl2N6O5. The summed E-state index contributed by atoms with van der Waals surface area (Å²) in [6, 6.07) is 5.01. The van der Waals surface area contributed by atoms with Crippen molar-refractivity contribution in [1.29, 1.82) is 0 Å². The number of hydrogen-bond donors (Lipinski definition) is 1. The van der Waals surface area contributed by atoms with Crippen LogP contribution in [0.4, 0.5) is 0 Å². The van der Waals surface area contributed by atoms with Gasteiger partial charge < -0.3 is 19.9 Å². The summed E-state index contributed by atoms with van der Waals surface area (Å²) in [5.74, 6) is -2.65. The fraction of sp³-hybridized carbons (Fsp3) is 0.455. The monoisotopic (exact) mass is 524 g/mol. The molecule has 0 amide bonds. The van der Waals surface area contributed by atoms with Gasteiger partial charge in [-0.15, -0.1) is 10.2 Å². The van der Waals surface area contributed by atoms with Crippen LogP contribution in [-0.4, -0.2) is 64.7 Å². The van der Waals surface area contributed by atoms with Gasteiger partial charge in [-0.2, -0.15) is 4.80 Å². The van der Waals surface area contributed by atoms with E-state index in [2.05, 4.69) is 20.4 Å². The molecular weight excluding hydrogens is 499 g/mol. The molecule has 11 nitrogen and oxygen atoms in total. The quantitative estimate of drug-likeness (QED) is 0.462. The van der Waals surface area contributed by atoms with Crippen LogP contribution in [0.25, 0.3) is 0 Å². The zero-order valence-electron chi connectivity index (χ0n) is 19.5. The summed E-state index contributed by atoms with van der Waals surface area (Å²) in [5.41, 5.74) is 6.82. The largest absolute Gasteiger partial charge is 0.468 e. The highest BCUT2D eigenvalue weighted by atomic mass is 35.5. The molecule has 2 aromatic rings. The molecule has 0 fully saturated rings. The molecule has 0 saturated carbocycles. The van der Waals surface area contributed by atoms with Gasteiger partial charge in [0.15, 0.2) is 5.82 Å². The van der Waals surface area contributed by atoms with E-state index in [9.17, 15) is 9.59 Å². The van der Waals surface area contributed by atoms with Crippen molar-refractivity contribution in [1.82, 2.24) is 20.2 Å². The number of aromatic nitrogens is 4. The molecule has 0 spiro atoms. The Labute approximate surface area is 212 Å². The van der Waals surface area contributed by atoms with E-state index in [4.69, 9.17) is 43.1 Å². The van der Waals surface area contributed by atoms with E-state index < -0.39 is 23.8 Å². The summed E-state index contributed by atoms with van der Waals surface area (Å²) in [6.45, 7) is 4.20. The maximum atomic E-state index is 13.2. The normalized spacial score (nSPS) is 17.8. The maximum Gasteiger partial charge on any atom is 0.336 e. The third kappa shape index (κ3) is 6.04. The lowest BCUT2D eigenvalue weighted by Crippen LogP contribution is -2.37. The SMILES string of the molecule is CCOC(=O)C1=C(COCc2nnn(CCN)n2)N=C(C)C(C(=O)OC)C1c1cccc(Cl)c1Cl. The first-order valence-electron chi connectivity index (χ1n) is 10.8. The molecule has 1 aliphatic rings. The van der Waals surface area contributed by atoms with Crippen molar-refractivity contribution in [2.75, 3.05) is 26.9 Å². The van der Waals surface area contributed by atoms with Crippen molar-refractivity contribution in [3.8, 4) is 0 Å². The molecule has 2 unspecified atom stereocenters. The Morgan fingerprint density at radius 1 is 1.23 bits per heavy atom. The van der Waals surface area contributed by atoms with Crippen molar-refractivity contribution in [2.45, 2.75) is 32.9 Å². The summed E-state index contributed by atoms with van der Waals surface area (Å²) in [6.07, 6.45) is 0. The molecule has 1 aromatic heterocycles. The van der Waals surface area contributed by atoms with Crippen LogP contribution in [0.15, 0.2) is 34.5 Å². The minimum absolute atomic E-state index is 0.0156. The van der Waals surface area contributed by atoms with E-state index >= 15 is 0 Å². The van der Waals surface area contributed by atoms with Gasteiger partial charge in [0.1, 0.15) is 12.5 Å². The van der Waals surface area contributed by atoms with E-state index in [-0.39, 0.29) is 41.1 Å². The number of benzene rings is 1. The number of hydrogen-bond acceptors (Lipinski definition) is 10. The molecule has 3 rings (SSSR count). The molecule has 2 heterocycles. The Balaban J connectivity index is 2.03. The molecule has 0 aliphatic carbocycles. The molecule has 35 heavy (non-hydrogen) atoms. The van der Waals surface area contributed by atoms with E-state index in [1.807, 2.05) is 0 Å². The zero-order chi connectivity index (χ0) is 25.5. The second kappa shape index (κ2) is 12.2. The lowest BCUT2D eigenvalue weighted by Gasteiger charge is -2.32. The Kier molecular flexibility index (Phi) is 9.33. The summed E-state index contributed by atoms with van der Waals surface area (Å²) >= 11 is 12.8. The van der Waals surface area contributed by atoms with Crippen LogP contribution < -0.4 is 5.73 Å². The number of methoxy groups -OCH3 is 1. The lowest BCUT2D eigenvalue weighted by molar-refractivity contribution is -0.144. The molecule has 0 saturated heterocycles. The number of ether oxygens (including phenoxy) is 3. The van der Waals surface area contributed by atoms with Crippen molar-refractivity contribution in [3.05, 3.63) is 50.9 Å². The van der Waals surface area contributed by atoms with E-state index in [0.717, 1.165) is 0 Å². The number of tetrazole rings is 1. The first-order chi connectivity index (χ1) is 16.8. The molecule has 1 aromatic carbocycles. The Hall–Kier alpha value is -2.86. The summed E-state index contributed by atoms with van der Waals surface area (Å²) in [5, 5.41) is 12.4. The highest BCUT2D eigenvalue weighted by Gasteiger charge is 2.44. The molecule has 2 atom stereocenters. The van der Waals surface area contributed by atoms with Crippen LogP contribution in [0.5, 0.6) is 0 Å². The highest BCUT2D eigenvalue weighted by molar-refractivity contribution is 6.42. The van der Waals surface area contributed by atoms with Gasteiger partial charge in [0.05, 0.1) is 48.2 Å². The minimum Gasteiger partial charge on any atom is -0.468 e. The lowest BCUT2D eigenvalue weighted by atomic mass is 9.75. The molecule has 13 heteroatoms. The van der Waals surface area contributed by atoms with E-state index in [1.54, 1.807) is 32.0 Å². The van der Waals surface area contributed by atoms with Crippen molar-refractivity contribution in [2.24, 2.45) is 16.6 Å². The summed E-state index contributed by atoms with van der Waals surface area (Å²) in [4.78, 5) is 31.9. The molecule has 1 aliphatic heterocycles. The molecule has 2 N–H and O–H groups in total. The van der Waals surface area contributed by atoms with Gasteiger partial charge in [-0.1, -0.05) is 35.3 Å². The summed E-state index contributed by atoms with van der Waals surface area (Å²) < 4.78 is 16.1. The van der Waals surface area contributed by atoms with Gasteiger partial charge in [0.25, 0.3) is 0 Å². The Morgan fingerprint density at radius 3 is 2.69 bits per heavy atom. The Bertz CT molecular complexity index is 1150. The number of carbonyl (C=O) groups excluding carboxylic acids is 2. The van der Waals surface area contributed by atoms with Gasteiger partial charge in [0.2, 0.25) is 0 Å². The van der Waals surface area contributed by atoms with Crippen molar-refractivity contribution >= 4 is 40.9 Å². The zero-order valence-corrected chi connectivity index (χ0v) is 21.0. The van der Waals surface area contributed by atoms with Crippen molar-refractivity contribution < 1.29 is 23.8 Å². The number of halogens is 2. The van der Waals surface area contributed by atoms with E-state index in [0.29, 0.717) is 30.2 Å². The van der Waals surface area contributed by atoms with Crippen LogP contribution in [-0.2, 0) is 37.0 Å². The number of aliphatic imine (C=N–C) groups is 1. The highest BCUT2D eigenvalue weighted by Crippen LogP contribution is 2.44. The number of nitrogens with zero attached hydrogens (tertiary/aromatic N) is 5. The number of nitrogens with two attached hydrogens (primary N) is 1. The fourth-order valence-electron chi connectivity index (χ4n) is 3.81. The number of esters is 2. The first kappa shape index (κ1) is 26.7. The minimum atomic E-state index is -0.919. The summed E-state index contributed by atoms with van der Waals surface area (Å²) in [7, 11) is 1.27. The average molecular weight is 525 g/mol. The van der Waals surface area contributed by atoms with Crippen LogP contribution in [0.1, 0.15) is 31.2 Å². The maximum absolute atomic E-state index is 13.2. The predicted molar refractivity (Wildman–Crippen MR) is 128 cm³/mol. The number of rotatable bonds is 10. The second-order valence-corrected chi connectivity index (χ2v) is 8.32. The molecule has 0 radical (unpaired) electrons. The third-order valence-corrected chi connectivity index (χ3v) is 6.11. The first-order valence-corrected chi connectivity index (χ1v) is 11.6. The van der Waals surface area contributed by atoms with Gasteiger partial charge >= 0.3 is 11.9 Å². The van der Waals surface area contributed by atoms with Crippen LogP contribution in [0.2, 0.25) is 10.0 Å². The van der Waals surface area contributed by atoms with Crippen molar-refractivity contribution in [3.63, 3.8) is 0 Å². The average Bonchev–Trinajstić information content (AvgIpc) is 3.27. The predicted octanol–water partition coefficient (Wildman–Crippen LogP) is 2.32. The molecule has 188 valence electrons. The van der Waals surface area contributed by atoms with Crippen LogP contribution in [0, 0.1) is 5.92 Å². The van der Waals surface area contributed by atoms with Gasteiger partial charge in [-0.3, -0.25) is 9.79 Å². The van der Waals surface area contributed by atoms with Gasteiger partial charge in [-0.25, -0.2) is 4.79 Å². The molecule has 0 bridgehead atoms. The van der Waals surface area contributed by atoms with Crippen LogP contribution in [0.3, 0.4) is 0 Å². The smallest absolute Gasteiger partial charge is 0.336 e. The second-order valence-electron chi connectivity index (χ2n) is 7.54. The number of carbonyl (C=O) groups is 2. The van der Waals surface area contributed by atoms with E-state index in [1.165, 1.54) is 11.9 Å². The van der Waals surface area contributed by atoms with Gasteiger partial charge in [0, 0.05) is 18.2 Å². The van der Waals surface area contributed by atoms with Gasteiger partial charge in [-0.05, 0) is 30.7 Å².